The Morgan fingerprint density at radius 3 is 2.57 bits per heavy atom. The monoisotopic (exact) mass is 227 g/mol. The first-order valence-corrected chi connectivity index (χ1v) is 5.17. The van der Waals surface area contributed by atoms with Gasteiger partial charge in [-0.3, -0.25) is 0 Å². The van der Waals surface area contributed by atoms with Gasteiger partial charge >= 0.3 is 0 Å². The molecule has 0 spiro atoms. The molecule has 0 aliphatic heterocycles. The van der Waals surface area contributed by atoms with Gasteiger partial charge in [0.25, 0.3) is 0 Å². The second kappa shape index (κ2) is 3.59. The number of rotatable bonds is 1. The summed E-state index contributed by atoms with van der Waals surface area (Å²) >= 11 is 7.19. The molecule has 0 unspecified atom stereocenters. The Bertz CT molecular complexity index is 467. The molecule has 0 radical (unpaired) electrons. The van der Waals surface area contributed by atoms with E-state index in [1.807, 2.05) is 6.07 Å². The lowest BCUT2D eigenvalue weighted by molar-refractivity contribution is 0.633. The van der Waals surface area contributed by atoms with Crippen molar-refractivity contribution in [1.29, 1.82) is 0 Å². The van der Waals surface area contributed by atoms with Crippen LogP contribution in [0.5, 0.6) is 0 Å². The zero-order valence-corrected chi connectivity index (χ0v) is 8.70. The summed E-state index contributed by atoms with van der Waals surface area (Å²) in [5, 5.41) is 0. The summed E-state index contributed by atoms with van der Waals surface area (Å²) in [6, 6.07) is 8.39. The highest BCUT2D eigenvalue weighted by Crippen LogP contribution is 2.31. The first kappa shape index (κ1) is 9.49. The zero-order valence-electron chi connectivity index (χ0n) is 7.13. The predicted molar refractivity (Wildman–Crippen MR) is 59.1 cm³/mol. The van der Waals surface area contributed by atoms with E-state index < -0.39 is 5.82 Å². The average Bonchev–Trinajstić information content (AvgIpc) is 2.57. The summed E-state index contributed by atoms with van der Waals surface area (Å²) in [6.45, 7) is 0. The molecule has 2 aromatic rings. The molecule has 0 bridgehead atoms. The second-order valence-electron chi connectivity index (χ2n) is 2.84. The summed E-state index contributed by atoms with van der Waals surface area (Å²) in [5.41, 5.74) is 6.34. The Morgan fingerprint density at radius 2 is 2.00 bits per heavy atom. The first-order valence-electron chi connectivity index (χ1n) is 3.97. The molecule has 1 aromatic heterocycles. The van der Waals surface area contributed by atoms with Crippen LogP contribution in [-0.2, 0) is 0 Å². The van der Waals surface area contributed by atoms with Gasteiger partial charge in [0.2, 0.25) is 0 Å². The van der Waals surface area contributed by atoms with Gasteiger partial charge in [0, 0.05) is 4.88 Å². The number of thiophene rings is 1. The van der Waals surface area contributed by atoms with Crippen LogP contribution < -0.4 is 5.73 Å². The fourth-order valence-electron chi connectivity index (χ4n) is 1.15. The molecule has 0 amide bonds. The van der Waals surface area contributed by atoms with Gasteiger partial charge in [0.1, 0.15) is 5.82 Å². The van der Waals surface area contributed by atoms with E-state index in [9.17, 15) is 4.39 Å². The van der Waals surface area contributed by atoms with Crippen molar-refractivity contribution >= 4 is 28.6 Å². The van der Waals surface area contributed by atoms with Gasteiger partial charge < -0.3 is 5.73 Å². The van der Waals surface area contributed by atoms with Crippen molar-refractivity contribution in [2.75, 3.05) is 5.73 Å². The fourth-order valence-corrected chi connectivity index (χ4v) is 2.19. The molecular weight excluding hydrogens is 221 g/mol. The van der Waals surface area contributed by atoms with Gasteiger partial charge in [-0.05, 0) is 29.8 Å². The van der Waals surface area contributed by atoms with E-state index in [0.29, 0.717) is 4.34 Å². The van der Waals surface area contributed by atoms with Gasteiger partial charge in [-0.2, -0.15) is 0 Å². The molecule has 0 saturated heterocycles. The highest BCUT2D eigenvalue weighted by Gasteiger charge is 2.04. The number of nitrogen functional groups attached to an aromatic ring is 1. The number of hydrogen-bond acceptors (Lipinski definition) is 2. The lowest BCUT2D eigenvalue weighted by Gasteiger charge is -1.99. The van der Waals surface area contributed by atoms with Gasteiger partial charge in [-0.15, -0.1) is 11.3 Å². The van der Waals surface area contributed by atoms with Crippen LogP contribution in [0.3, 0.4) is 0 Å². The largest absolute Gasteiger partial charge is 0.396 e. The molecule has 72 valence electrons. The van der Waals surface area contributed by atoms with Crippen molar-refractivity contribution in [3.8, 4) is 10.4 Å². The molecule has 1 aromatic carbocycles. The van der Waals surface area contributed by atoms with E-state index in [-0.39, 0.29) is 5.69 Å². The lowest BCUT2D eigenvalue weighted by atomic mass is 10.1. The predicted octanol–water partition coefficient (Wildman–Crippen LogP) is 3.79. The maximum absolute atomic E-state index is 13.1. The van der Waals surface area contributed by atoms with E-state index in [1.54, 1.807) is 18.2 Å². The number of halogens is 2. The summed E-state index contributed by atoms with van der Waals surface area (Å²) in [6.07, 6.45) is 0. The molecule has 2 rings (SSSR count). The van der Waals surface area contributed by atoms with Crippen LogP contribution in [0, 0.1) is 5.82 Å². The third-order valence-corrected chi connectivity index (χ3v) is 3.14. The number of anilines is 1. The molecule has 1 heterocycles. The van der Waals surface area contributed by atoms with Crippen molar-refractivity contribution in [2.24, 2.45) is 0 Å². The van der Waals surface area contributed by atoms with Crippen molar-refractivity contribution in [1.82, 2.24) is 0 Å². The van der Waals surface area contributed by atoms with E-state index in [0.717, 1.165) is 10.4 Å². The van der Waals surface area contributed by atoms with Crippen LogP contribution in [0.25, 0.3) is 10.4 Å². The quantitative estimate of drug-likeness (QED) is 0.737. The maximum atomic E-state index is 13.1. The summed E-state index contributed by atoms with van der Waals surface area (Å²) in [4.78, 5) is 0.939. The zero-order chi connectivity index (χ0) is 10.1. The Kier molecular flexibility index (Phi) is 2.44. The van der Waals surface area contributed by atoms with E-state index in [4.69, 9.17) is 17.3 Å². The van der Waals surface area contributed by atoms with E-state index >= 15 is 0 Å². The van der Waals surface area contributed by atoms with Crippen LogP contribution in [0.1, 0.15) is 0 Å². The molecule has 0 fully saturated rings. The minimum absolute atomic E-state index is 0.163. The normalized spacial score (nSPS) is 10.4. The molecule has 14 heavy (non-hydrogen) atoms. The minimum atomic E-state index is -0.396. The Labute approximate surface area is 89.9 Å². The van der Waals surface area contributed by atoms with Crippen LogP contribution >= 0.6 is 22.9 Å². The molecule has 0 atom stereocenters. The molecule has 4 heteroatoms. The van der Waals surface area contributed by atoms with Crippen LogP contribution in [0.15, 0.2) is 30.3 Å². The third kappa shape index (κ3) is 1.74. The van der Waals surface area contributed by atoms with Crippen LogP contribution in [0.4, 0.5) is 10.1 Å². The molecule has 1 nitrogen and oxygen atoms in total. The van der Waals surface area contributed by atoms with E-state index in [2.05, 4.69) is 0 Å². The SMILES string of the molecule is Nc1ccc(-c2ccc(Cl)s2)cc1F. The standard InChI is InChI=1S/C10H7ClFNS/c11-10-4-3-9(14-10)6-1-2-8(13)7(12)5-6/h1-5H,13H2. The smallest absolute Gasteiger partial charge is 0.146 e. The van der Waals surface area contributed by atoms with Crippen molar-refractivity contribution in [3.05, 3.63) is 40.5 Å². The highest BCUT2D eigenvalue weighted by molar-refractivity contribution is 7.19. The molecule has 0 aliphatic carbocycles. The average molecular weight is 228 g/mol. The van der Waals surface area contributed by atoms with Crippen molar-refractivity contribution in [2.45, 2.75) is 0 Å². The Hall–Kier alpha value is -1.06. The minimum Gasteiger partial charge on any atom is -0.396 e. The fraction of sp³-hybridized carbons (Fsp3) is 0. The maximum Gasteiger partial charge on any atom is 0.146 e. The number of nitrogens with two attached hydrogens (primary N) is 1. The molecule has 0 aliphatic rings. The summed E-state index contributed by atoms with van der Waals surface area (Å²) in [5.74, 6) is -0.396. The molecule has 0 saturated carbocycles. The number of benzene rings is 1. The second-order valence-corrected chi connectivity index (χ2v) is 4.56. The van der Waals surface area contributed by atoms with Gasteiger partial charge in [-0.1, -0.05) is 17.7 Å². The Morgan fingerprint density at radius 1 is 1.21 bits per heavy atom. The van der Waals surface area contributed by atoms with Crippen molar-refractivity contribution in [3.63, 3.8) is 0 Å². The highest BCUT2D eigenvalue weighted by atomic mass is 35.5. The Balaban J connectivity index is 2.47. The van der Waals surface area contributed by atoms with Gasteiger partial charge in [0.15, 0.2) is 0 Å². The topological polar surface area (TPSA) is 26.0 Å². The molecule has 2 N–H and O–H groups in total. The van der Waals surface area contributed by atoms with Crippen LogP contribution in [-0.4, -0.2) is 0 Å². The lowest BCUT2D eigenvalue weighted by Crippen LogP contribution is -1.89. The first-order chi connectivity index (χ1) is 6.66. The van der Waals surface area contributed by atoms with Crippen molar-refractivity contribution < 1.29 is 4.39 Å². The summed E-state index contributed by atoms with van der Waals surface area (Å²) in [7, 11) is 0. The van der Waals surface area contributed by atoms with Crippen LogP contribution in [0.2, 0.25) is 4.34 Å². The third-order valence-electron chi connectivity index (χ3n) is 1.86. The summed E-state index contributed by atoms with van der Waals surface area (Å²) < 4.78 is 13.8. The van der Waals surface area contributed by atoms with Gasteiger partial charge in [-0.25, -0.2) is 4.39 Å². The molecular formula is C10H7ClFNS. The number of hydrogen-bond donors (Lipinski definition) is 1. The van der Waals surface area contributed by atoms with E-state index in [1.165, 1.54) is 17.4 Å². The van der Waals surface area contributed by atoms with Gasteiger partial charge in [0.05, 0.1) is 10.0 Å².